The average Bonchev–Trinajstić information content (AvgIpc) is 2.64. The monoisotopic (exact) mass is 434 g/mol. The van der Waals surface area contributed by atoms with Crippen molar-refractivity contribution in [2.75, 3.05) is 20.3 Å². The van der Waals surface area contributed by atoms with E-state index in [0.29, 0.717) is 23.9 Å². The van der Waals surface area contributed by atoms with Crippen LogP contribution in [0.2, 0.25) is 0 Å². The molecule has 0 aliphatic carbocycles. The molecule has 0 radical (unpaired) electrons. The van der Waals surface area contributed by atoms with Crippen LogP contribution in [-0.2, 0) is 4.79 Å². The summed E-state index contributed by atoms with van der Waals surface area (Å²) in [5.74, 6) is 1.51. The molecule has 0 saturated heterocycles. The van der Waals surface area contributed by atoms with E-state index in [9.17, 15) is 4.79 Å². The Morgan fingerprint density at radius 2 is 1.96 bits per heavy atom. The Morgan fingerprint density at radius 3 is 2.63 bits per heavy atom. The van der Waals surface area contributed by atoms with Crippen LogP contribution in [0.1, 0.15) is 23.6 Å². The highest BCUT2D eigenvalue weighted by atomic mass is 79.9. The molecule has 6 nitrogen and oxygen atoms in total. The number of amides is 1. The van der Waals surface area contributed by atoms with Gasteiger partial charge in [0.2, 0.25) is 0 Å². The van der Waals surface area contributed by atoms with Crippen LogP contribution in [0.5, 0.6) is 17.2 Å². The largest absolute Gasteiger partial charge is 0.493 e. The van der Waals surface area contributed by atoms with Gasteiger partial charge in [-0.25, -0.2) is 5.43 Å². The first kappa shape index (κ1) is 20.8. The molecule has 1 amide bonds. The molecule has 0 spiro atoms. The van der Waals surface area contributed by atoms with Gasteiger partial charge in [0, 0.05) is 0 Å². The lowest BCUT2D eigenvalue weighted by Crippen LogP contribution is -2.24. The number of nitrogens with one attached hydrogen (secondary N) is 1. The standard InChI is InChI=1S/C20H23BrN2O4/c1-5-26-20-17(21)9-15(10-18(20)25-4)11-22-23-19(24)12-27-16-7-6-13(2)14(3)8-16/h6-11H,5,12H2,1-4H3,(H,23,24)/b22-11+. The highest BCUT2D eigenvalue weighted by Gasteiger charge is 2.10. The summed E-state index contributed by atoms with van der Waals surface area (Å²) < 4.78 is 17.1. The summed E-state index contributed by atoms with van der Waals surface area (Å²) >= 11 is 3.45. The molecular formula is C20H23BrN2O4. The zero-order chi connectivity index (χ0) is 19.8. The van der Waals surface area contributed by atoms with Crippen molar-refractivity contribution >= 4 is 28.1 Å². The smallest absolute Gasteiger partial charge is 0.277 e. The molecule has 0 unspecified atom stereocenters. The van der Waals surface area contributed by atoms with Crippen molar-refractivity contribution in [1.29, 1.82) is 0 Å². The third kappa shape index (κ3) is 5.99. The molecule has 2 aromatic rings. The van der Waals surface area contributed by atoms with Gasteiger partial charge < -0.3 is 14.2 Å². The summed E-state index contributed by atoms with van der Waals surface area (Å²) in [4.78, 5) is 11.9. The normalized spacial score (nSPS) is 10.7. The first-order valence-electron chi connectivity index (χ1n) is 8.46. The maximum Gasteiger partial charge on any atom is 0.277 e. The number of hydrazone groups is 1. The van der Waals surface area contributed by atoms with Crippen LogP contribution in [-0.4, -0.2) is 32.4 Å². The van der Waals surface area contributed by atoms with E-state index in [1.807, 2.05) is 45.0 Å². The highest BCUT2D eigenvalue weighted by molar-refractivity contribution is 9.10. The molecule has 0 aromatic heterocycles. The summed E-state index contributed by atoms with van der Waals surface area (Å²) in [5, 5.41) is 3.96. The predicted octanol–water partition coefficient (Wildman–Crippen LogP) is 4.00. The van der Waals surface area contributed by atoms with Gasteiger partial charge in [0.05, 0.1) is 24.4 Å². The molecule has 0 atom stereocenters. The first-order chi connectivity index (χ1) is 12.9. The summed E-state index contributed by atoms with van der Waals surface area (Å²) in [5.41, 5.74) is 5.48. The lowest BCUT2D eigenvalue weighted by molar-refractivity contribution is -0.123. The Bertz CT molecular complexity index is 837. The van der Waals surface area contributed by atoms with Crippen LogP contribution in [0.25, 0.3) is 0 Å². The summed E-state index contributed by atoms with van der Waals surface area (Å²) in [6.07, 6.45) is 1.52. The number of aryl methyl sites for hydroxylation is 2. The van der Waals surface area contributed by atoms with Gasteiger partial charge in [-0.1, -0.05) is 6.07 Å². The molecular weight excluding hydrogens is 412 g/mol. The number of nitrogens with zero attached hydrogens (tertiary/aromatic N) is 1. The van der Waals surface area contributed by atoms with E-state index in [1.165, 1.54) is 11.8 Å². The van der Waals surface area contributed by atoms with Crippen molar-refractivity contribution < 1.29 is 19.0 Å². The number of benzene rings is 2. The zero-order valence-corrected chi connectivity index (χ0v) is 17.4. The van der Waals surface area contributed by atoms with E-state index in [-0.39, 0.29) is 12.5 Å². The first-order valence-corrected chi connectivity index (χ1v) is 9.26. The number of carbonyl (C=O) groups is 1. The van der Waals surface area contributed by atoms with Crippen molar-refractivity contribution in [2.45, 2.75) is 20.8 Å². The number of methoxy groups -OCH3 is 1. The SMILES string of the molecule is CCOc1c(Br)cc(/C=N/NC(=O)COc2ccc(C)c(C)c2)cc1OC. The Kier molecular flexibility index (Phi) is 7.67. The van der Waals surface area contributed by atoms with Gasteiger partial charge in [-0.2, -0.15) is 5.10 Å². The van der Waals surface area contributed by atoms with Crippen molar-refractivity contribution in [3.63, 3.8) is 0 Å². The van der Waals surface area contributed by atoms with Crippen molar-refractivity contribution in [3.8, 4) is 17.2 Å². The number of ether oxygens (including phenoxy) is 3. The van der Waals surface area contributed by atoms with E-state index in [0.717, 1.165) is 15.6 Å². The molecule has 7 heteroatoms. The van der Waals surface area contributed by atoms with Gasteiger partial charge >= 0.3 is 0 Å². The fourth-order valence-electron chi connectivity index (χ4n) is 2.26. The minimum absolute atomic E-state index is 0.115. The molecule has 0 aliphatic heterocycles. The van der Waals surface area contributed by atoms with Crippen LogP contribution in [0.15, 0.2) is 39.9 Å². The Labute approximate surface area is 167 Å². The van der Waals surface area contributed by atoms with Crippen LogP contribution < -0.4 is 19.6 Å². The number of rotatable bonds is 8. The maximum absolute atomic E-state index is 11.9. The molecule has 0 fully saturated rings. The van der Waals surface area contributed by atoms with Crippen molar-refractivity contribution in [3.05, 3.63) is 51.5 Å². The van der Waals surface area contributed by atoms with Crippen LogP contribution in [0.3, 0.4) is 0 Å². The number of hydrogen-bond donors (Lipinski definition) is 1. The lowest BCUT2D eigenvalue weighted by atomic mass is 10.1. The van der Waals surface area contributed by atoms with Crippen molar-refractivity contribution in [2.24, 2.45) is 5.10 Å². The van der Waals surface area contributed by atoms with Gasteiger partial charge in [-0.15, -0.1) is 0 Å². The molecule has 0 saturated carbocycles. The summed E-state index contributed by atoms with van der Waals surface area (Å²) in [6, 6.07) is 9.29. The van der Waals surface area contributed by atoms with Crippen LogP contribution >= 0.6 is 15.9 Å². The third-order valence-corrected chi connectivity index (χ3v) is 4.38. The second-order valence-corrected chi connectivity index (χ2v) is 6.65. The topological polar surface area (TPSA) is 69.2 Å². The molecule has 144 valence electrons. The second kappa shape index (κ2) is 9.97. The fraction of sp³-hybridized carbons (Fsp3) is 0.300. The maximum atomic E-state index is 11.9. The molecule has 1 N–H and O–H groups in total. The molecule has 2 rings (SSSR count). The average molecular weight is 435 g/mol. The van der Waals surface area contributed by atoms with Gasteiger partial charge in [0.25, 0.3) is 5.91 Å². The molecule has 0 heterocycles. The lowest BCUT2D eigenvalue weighted by Gasteiger charge is -2.12. The van der Waals surface area contributed by atoms with E-state index in [2.05, 4.69) is 26.5 Å². The highest BCUT2D eigenvalue weighted by Crippen LogP contribution is 2.36. The van der Waals surface area contributed by atoms with Crippen molar-refractivity contribution in [1.82, 2.24) is 5.43 Å². The van der Waals surface area contributed by atoms with E-state index in [1.54, 1.807) is 13.2 Å². The van der Waals surface area contributed by atoms with E-state index < -0.39 is 0 Å². The zero-order valence-electron chi connectivity index (χ0n) is 15.8. The Hall–Kier alpha value is -2.54. The summed E-state index contributed by atoms with van der Waals surface area (Å²) in [6.45, 7) is 6.33. The molecule has 0 aliphatic rings. The van der Waals surface area contributed by atoms with E-state index >= 15 is 0 Å². The third-order valence-electron chi connectivity index (χ3n) is 3.79. The molecule has 0 bridgehead atoms. The quantitative estimate of drug-likeness (QED) is 0.503. The second-order valence-electron chi connectivity index (χ2n) is 5.80. The summed E-state index contributed by atoms with van der Waals surface area (Å²) in [7, 11) is 1.57. The van der Waals surface area contributed by atoms with E-state index in [4.69, 9.17) is 14.2 Å². The predicted molar refractivity (Wildman–Crippen MR) is 109 cm³/mol. The Morgan fingerprint density at radius 1 is 1.19 bits per heavy atom. The van der Waals surface area contributed by atoms with Crippen LogP contribution in [0.4, 0.5) is 0 Å². The number of halogens is 1. The minimum atomic E-state index is -0.346. The number of hydrogen-bond acceptors (Lipinski definition) is 5. The van der Waals surface area contributed by atoms with Gasteiger partial charge in [0.15, 0.2) is 18.1 Å². The van der Waals surface area contributed by atoms with Gasteiger partial charge in [0.1, 0.15) is 5.75 Å². The van der Waals surface area contributed by atoms with Gasteiger partial charge in [-0.3, -0.25) is 4.79 Å². The molecule has 2 aromatic carbocycles. The minimum Gasteiger partial charge on any atom is -0.493 e. The van der Waals surface area contributed by atoms with Gasteiger partial charge in [-0.05, 0) is 77.7 Å². The van der Waals surface area contributed by atoms with Crippen LogP contribution in [0, 0.1) is 13.8 Å². The fourth-order valence-corrected chi connectivity index (χ4v) is 2.84. The molecule has 27 heavy (non-hydrogen) atoms. The number of carbonyl (C=O) groups excluding carboxylic acids is 1. The Balaban J connectivity index is 1.93.